The first-order valence-electron chi connectivity index (χ1n) is 4.50. The van der Waals surface area contributed by atoms with E-state index >= 15 is 0 Å². The molecule has 0 aromatic carbocycles. The van der Waals surface area contributed by atoms with Gasteiger partial charge in [0, 0.05) is 0 Å². The van der Waals surface area contributed by atoms with Crippen LogP contribution in [0.2, 0.25) is 3.43 Å². The van der Waals surface area contributed by atoms with Crippen molar-refractivity contribution in [2.45, 2.75) is 29.4 Å². The third-order valence-corrected chi connectivity index (χ3v) is 5.99. The summed E-state index contributed by atoms with van der Waals surface area (Å²) in [7, 11) is -3.28. The van der Waals surface area contributed by atoms with Crippen molar-refractivity contribution in [1.29, 1.82) is 0 Å². The molecule has 4 nitrogen and oxygen atoms in total. The molecule has 0 atom stereocenters. The second-order valence-electron chi connectivity index (χ2n) is 4.37. The molecule has 6 heteroatoms. The first-order valence-corrected chi connectivity index (χ1v) is 9.24. The quantitative estimate of drug-likeness (QED) is 0.582. The molecule has 0 bridgehead atoms. The van der Waals surface area contributed by atoms with Crippen LogP contribution < -0.4 is 3.71 Å². The van der Waals surface area contributed by atoms with Crippen LogP contribution in [0.5, 0.6) is 0 Å². The fourth-order valence-electron chi connectivity index (χ4n) is 0.973. The van der Waals surface area contributed by atoms with Crippen molar-refractivity contribution in [2.24, 2.45) is 0 Å². The van der Waals surface area contributed by atoms with E-state index in [9.17, 15) is 8.42 Å². The summed E-state index contributed by atoms with van der Waals surface area (Å²) >= 11 is -0.860. The topological polar surface area (TPSA) is 59.9 Å². The van der Waals surface area contributed by atoms with Crippen molar-refractivity contribution < 1.29 is 8.42 Å². The predicted octanol–water partition coefficient (Wildman–Crippen LogP) is 0.428. The number of nitrogens with zero attached hydrogens (tertiary/aromatic N) is 2. The third kappa shape index (κ3) is 4.46. The fraction of sp³-hybridized carbons (Fsp3) is 0.556. The average molecular weight is 333 g/mol. The summed E-state index contributed by atoms with van der Waals surface area (Å²) in [6.45, 7) is 6.46. The minimum absolute atomic E-state index is 0.0508. The molecular formula is C9H14N2O2SSn. The van der Waals surface area contributed by atoms with Gasteiger partial charge in [0.2, 0.25) is 0 Å². The summed E-state index contributed by atoms with van der Waals surface area (Å²) in [5.41, 5.74) is 0. The standard InChI is InChI=1S/C5H5N2O2S.C4H9.Sn/c1-10(8,9)5-6-3-2-4-7-5;1-4(2)3;/h2-3H,1H3;1-3H3;. The van der Waals surface area contributed by atoms with E-state index in [0.29, 0.717) is 0 Å². The van der Waals surface area contributed by atoms with Crippen LogP contribution in [0.25, 0.3) is 0 Å². The molecule has 1 aromatic rings. The van der Waals surface area contributed by atoms with E-state index in [1.165, 1.54) is 6.20 Å². The molecule has 0 aliphatic carbocycles. The van der Waals surface area contributed by atoms with Crippen LogP contribution in [-0.2, 0) is 9.84 Å². The van der Waals surface area contributed by atoms with Crippen LogP contribution in [0.15, 0.2) is 17.4 Å². The Morgan fingerprint density at radius 1 is 1.33 bits per heavy atom. The molecular weight excluding hydrogens is 319 g/mol. The van der Waals surface area contributed by atoms with E-state index in [0.717, 1.165) is 9.97 Å². The molecule has 1 aromatic heterocycles. The van der Waals surface area contributed by atoms with Gasteiger partial charge < -0.3 is 0 Å². The Morgan fingerprint density at radius 3 is 2.40 bits per heavy atom. The average Bonchev–Trinajstić information content (AvgIpc) is 1.99. The van der Waals surface area contributed by atoms with Gasteiger partial charge in [-0.15, -0.1) is 0 Å². The molecule has 0 fully saturated rings. The first kappa shape index (κ1) is 12.9. The Hall–Kier alpha value is -0.171. The molecule has 0 unspecified atom stereocenters. The number of aromatic nitrogens is 2. The molecule has 15 heavy (non-hydrogen) atoms. The van der Waals surface area contributed by atoms with Crippen LogP contribution in [-0.4, -0.2) is 45.8 Å². The van der Waals surface area contributed by atoms with E-state index < -0.39 is 31.0 Å². The number of rotatable bonds is 2. The van der Waals surface area contributed by atoms with Crippen molar-refractivity contribution in [3.63, 3.8) is 0 Å². The van der Waals surface area contributed by atoms with E-state index in [-0.39, 0.29) is 8.59 Å². The van der Waals surface area contributed by atoms with Gasteiger partial charge in [-0.1, -0.05) is 0 Å². The summed E-state index contributed by atoms with van der Waals surface area (Å²) in [4.78, 5) is 7.87. The number of sulfone groups is 1. The first-order chi connectivity index (χ1) is 6.68. The van der Waals surface area contributed by atoms with Gasteiger partial charge in [-0.25, -0.2) is 0 Å². The Morgan fingerprint density at radius 2 is 1.93 bits per heavy atom. The number of hydrogen-bond acceptors (Lipinski definition) is 4. The van der Waals surface area contributed by atoms with Gasteiger partial charge in [-0.3, -0.25) is 0 Å². The van der Waals surface area contributed by atoms with Gasteiger partial charge in [0.05, 0.1) is 0 Å². The Kier molecular flexibility index (Phi) is 3.75. The van der Waals surface area contributed by atoms with Crippen molar-refractivity contribution >= 4 is 34.7 Å². The summed E-state index contributed by atoms with van der Waals surface area (Å²) in [6.07, 6.45) is 2.67. The summed E-state index contributed by atoms with van der Waals surface area (Å²) in [5.74, 6) is 0. The maximum atomic E-state index is 11.2. The van der Waals surface area contributed by atoms with Crippen LogP contribution in [0.1, 0.15) is 20.8 Å². The van der Waals surface area contributed by atoms with Crippen molar-refractivity contribution in [3.05, 3.63) is 12.3 Å². The molecule has 0 amide bonds. The van der Waals surface area contributed by atoms with Crippen LogP contribution in [0.3, 0.4) is 0 Å². The van der Waals surface area contributed by atoms with E-state index in [1.54, 1.807) is 0 Å². The molecule has 1 heterocycles. The molecule has 82 valence electrons. The van der Waals surface area contributed by atoms with Gasteiger partial charge in [-0.05, 0) is 0 Å². The van der Waals surface area contributed by atoms with E-state index in [1.807, 2.05) is 6.07 Å². The van der Waals surface area contributed by atoms with Crippen molar-refractivity contribution in [3.8, 4) is 0 Å². The third-order valence-electron chi connectivity index (χ3n) is 1.47. The maximum absolute atomic E-state index is 11.2. The normalized spacial score (nSPS) is 12.8. The second kappa shape index (κ2) is 4.37. The zero-order valence-corrected chi connectivity index (χ0v) is 12.9. The number of hydrogen-bond donors (Lipinski definition) is 0. The predicted molar refractivity (Wildman–Crippen MR) is 60.2 cm³/mol. The summed E-state index contributed by atoms with van der Waals surface area (Å²) in [5, 5.41) is -0.0508. The SMILES string of the molecule is C[C](C)(C)[Sn][c]1ccnc(S(C)(=O)=O)n1. The fourth-order valence-corrected chi connectivity index (χ4v) is 4.83. The molecule has 0 aliphatic heterocycles. The summed E-state index contributed by atoms with van der Waals surface area (Å²) < 4.78 is 23.7. The van der Waals surface area contributed by atoms with E-state index in [4.69, 9.17) is 0 Å². The monoisotopic (exact) mass is 334 g/mol. The molecule has 0 saturated carbocycles. The minimum atomic E-state index is -3.28. The van der Waals surface area contributed by atoms with Gasteiger partial charge in [-0.2, -0.15) is 0 Å². The van der Waals surface area contributed by atoms with Crippen LogP contribution >= 0.6 is 0 Å². The molecule has 0 saturated heterocycles. The van der Waals surface area contributed by atoms with Crippen LogP contribution in [0.4, 0.5) is 0 Å². The van der Waals surface area contributed by atoms with Gasteiger partial charge in [0.15, 0.2) is 0 Å². The Labute approximate surface area is 101 Å². The van der Waals surface area contributed by atoms with Crippen molar-refractivity contribution in [2.75, 3.05) is 6.26 Å². The molecule has 0 N–H and O–H groups in total. The van der Waals surface area contributed by atoms with Crippen molar-refractivity contribution in [1.82, 2.24) is 9.97 Å². The van der Waals surface area contributed by atoms with Gasteiger partial charge >= 0.3 is 101 Å². The second-order valence-corrected chi connectivity index (χ2v) is 12.7. The zero-order valence-electron chi connectivity index (χ0n) is 9.27. The molecule has 0 aliphatic rings. The molecule has 2 radical (unpaired) electrons. The van der Waals surface area contributed by atoms with Gasteiger partial charge in [0.25, 0.3) is 0 Å². The Balaban J connectivity index is 3.04. The van der Waals surface area contributed by atoms with Crippen LogP contribution in [0, 0.1) is 0 Å². The van der Waals surface area contributed by atoms with E-state index in [2.05, 4.69) is 30.7 Å². The zero-order chi connectivity index (χ0) is 11.7. The molecule has 1 rings (SSSR count). The Bertz CT molecular complexity index is 451. The summed E-state index contributed by atoms with van der Waals surface area (Å²) in [6, 6.07) is 1.83. The van der Waals surface area contributed by atoms with Gasteiger partial charge in [0.1, 0.15) is 0 Å². The molecule has 0 spiro atoms.